The average molecular weight is 113 g/mol. The van der Waals surface area contributed by atoms with E-state index in [4.69, 9.17) is 4.11 Å². The smallest absolute Gasteiger partial charge is 0.310 e. The number of aromatic nitrogens is 2. The Balaban J connectivity index is 3.16. The van der Waals surface area contributed by atoms with E-state index in [0.717, 1.165) is 0 Å². The molecule has 0 aliphatic heterocycles. The van der Waals surface area contributed by atoms with Crippen LogP contribution >= 0.6 is 0 Å². The zero-order chi connectivity index (χ0) is 8.48. The molecule has 0 saturated carbocycles. The first-order valence-electron chi connectivity index (χ1n) is 3.56. The molecular weight excluding hydrogens is 104 g/mol. The Morgan fingerprint density at radius 2 is 2.88 bits per heavy atom. The van der Waals surface area contributed by atoms with Gasteiger partial charge in [0, 0.05) is 16.0 Å². The van der Waals surface area contributed by atoms with Gasteiger partial charge in [0.1, 0.15) is 0 Å². The lowest BCUT2D eigenvalue weighted by atomic mass is 10.5. The van der Waals surface area contributed by atoms with Crippen molar-refractivity contribution >= 4 is 0 Å². The van der Waals surface area contributed by atoms with Crippen LogP contribution in [0.25, 0.3) is 0 Å². The van der Waals surface area contributed by atoms with E-state index >= 15 is 0 Å². The number of hydrogen-bond donors (Lipinski definition) is 1. The average Bonchev–Trinajstić information content (AvgIpc) is 1.86. The molecule has 1 rings (SSSR count). The van der Waals surface area contributed by atoms with E-state index in [9.17, 15) is 4.79 Å². The maximum absolute atomic E-state index is 10.5. The van der Waals surface area contributed by atoms with Gasteiger partial charge >= 0.3 is 5.69 Å². The number of nitrogens with one attached hydrogen (secondary N) is 1. The van der Waals surface area contributed by atoms with Crippen molar-refractivity contribution in [2.75, 3.05) is 0 Å². The van der Waals surface area contributed by atoms with Crippen LogP contribution in [0.5, 0.6) is 0 Å². The fourth-order valence-corrected chi connectivity index (χ4v) is 0.369. The van der Waals surface area contributed by atoms with E-state index in [2.05, 4.69) is 9.97 Å². The van der Waals surface area contributed by atoms with Crippen LogP contribution in [0.3, 0.4) is 0 Å². The number of hydrogen-bond acceptors (Lipinski definition) is 2. The van der Waals surface area contributed by atoms with Crippen molar-refractivity contribution in [2.24, 2.45) is 0 Å². The van der Waals surface area contributed by atoms with Gasteiger partial charge in [-0.1, -0.05) is 0 Å². The maximum Gasteiger partial charge on any atom is 0.345 e. The lowest BCUT2D eigenvalue weighted by molar-refractivity contribution is 1.03. The van der Waals surface area contributed by atoms with Crippen LogP contribution in [0.1, 0.15) is 9.81 Å². The quantitative estimate of drug-likeness (QED) is 0.517. The molecule has 0 aromatic carbocycles. The molecule has 1 heterocycles. The maximum atomic E-state index is 10.5. The molecule has 1 N–H and O–H groups in total. The molecule has 3 heteroatoms. The zero-order valence-electron chi connectivity index (χ0n) is 7.01. The van der Waals surface area contributed by atoms with Crippen LogP contribution in [0.15, 0.2) is 17.1 Å². The summed E-state index contributed by atoms with van der Waals surface area (Å²) < 4.78 is 20.7. The molecule has 1 aromatic rings. The van der Waals surface area contributed by atoms with Crippen molar-refractivity contribution in [3.8, 4) is 0 Å². The topological polar surface area (TPSA) is 45.8 Å². The highest BCUT2D eigenvalue weighted by molar-refractivity contribution is 4.92. The van der Waals surface area contributed by atoms with E-state index in [1.54, 1.807) is 0 Å². The van der Waals surface area contributed by atoms with Crippen LogP contribution in [-0.4, -0.2) is 9.97 Å². The minimum absolute atomic E-state index is 0.0856. The van der Waals surface area contributed by atoms with E-state index < -0.39 is 12.5 Å². The minimum atomic E-state index is -2.26. The third-order valence-corrected chi connectivity index (χ3v) is 0.675. The van der Waals surface area contributed by atoms with Crippen molar-refractivity contribution in [1.29, 1.82) is 0 Å². The fourth-order valence-electron chi connectivity index (χ4n) is 0.369. The first-order valence-corrected chi connectivity index (χ1v) is 2.06. The van der Waals surface area contributed by atoms with Crippen molar-refractivity contribution in [2.45, 2.75) is 6.85 Å². The highest BCUT2D eigenvalue weighted by Gasteiger charge is 1.80. The van der Waals surface area contributed by atoms with Gasteiger partial charge in [-0.05, 0) is 12.9 Å². The highest BCUT2D eigenvalue weighted by Crippen LogP contribution is 1.78. The second-order valence-corrected chi connectivity index (χ2v) is 1.29. The van der Waals surface area contributed by atoms with Crippen LogP contribution in [0.2, 0.25) is 0 Å². The van der Waals surface area contributed by atoms with E-state index in [0.29, 0.717) is 0 Å². The molecule has 0 aliphatic carbocycles. The van der Waals surface area contributed by atoms with Gasteiger partial charge < -0.3 is 4.98 Å². The Bertz CT molecular complexity index is 303. The Hall–Kier alpha value is -1.12. The van der Waals surface area contributed by atoms with Crippen molar-refractivity contribution in [3.63, 3.8) is 0 Å². The first kappa shape index (κ1) is 2.44. The Morgan fingerprint density at radius 1 is 2.00 bits per heavy atom. The molecule has 0 radical (unpaired) electrons. The fraction of sp³-hybridized carbons (Fsp3) is 0.200. The predicted octanol–water partition coefficient (Wildman–Crippen LogP) is 0.0783. The Labute approximate surface area is 50.6 Å². The molecule has 3 nitrogen and oxygen atoms in total. The van der Waals surface area contributed by atoms with Gasteiger partial charge in [0.05, 0.1) is 0 Å². The second-order valence-electron chi connectivity index (χ2n) is 1.29. The summed E-state index contributed by atoms with van der Waals surface area (Å²) >= 11 is 0. The van der Waals surface area contributed by atoms with Crippen LogP contribution in [-0.2, 0) is 0 Å². The number of H-pyrrole nitrogens is 1. The third-order valence-electron chi connectivity index (χ3n) is 0.675. The summed E-state index contributed by atoms with van der Waals surface area (Å²) in [5.74, 6) is 0. The molecule has 0 saturated heterocycles. The molecule has 1 aromatic heterocycles. The number of aromatic amines is 1. The van der Waals surface area contributed by atoms with Crippen molar-refractivity contribution < 1.29 is 4.11 Å². The van der Waals surface area contributed by atoms with Crippen LogP contribution < -0.4 is 5.69 Å². The van der Waals surface area contributed by atoms with E-state index in [1.165, 1.54) is 12.3 Å². The van der Waals surface area contributed by atoms with Crippen molar-refractivity contribution in [3.05, 3.63) is 28.4 Å². The van der Waals surface area contributed by atoms with Gasteiger partial charge in [-0.15, -0.1) is 0 Å². The van der Waals surface area contributed by atoms with Gasteiger partial charge in [-0.25, -0.2) is 9.78 Å². The lowest BCUT2D eigenvalue weighted by Gasteiger charge is -1.84. The minimum Gasteiger partial charge on any atom is -0.310 e. The largest absolute Gasteiger partial charge is 0.345 e. The van der Waals surface area contributed by atoms with Gasteiger partial charge in [-0.3, -0.25) is 0 Å². The molecule has 42 valence electrons. The molecule has 0 spiro atoms. The Kier molecular flexibility index (Phi) is 0.541. The van der Waals surface area contributed by atoms with Crippen molar-refractivity contribution in [1.82, 2.24) is 9.97 Å². The summed E-state index contributed by atoms with van der Waals surface area (Å²) in [6.45, 7) is -2.26. The second kappa shape index (κ2) is 1.78. The first-order chi connectivity index (χ1) is 5.00. The monoisotopic (exact) mass is 113 g/mol. The third kappa shape index (κ3) is 0.932. The van der Waals surface area contributed by atoms with Gasteiger partial charge in [0.2, 0.25) is 0 Å². The SMILES string of the molecule is [2H]C([2H])([2H])c1ccnc(=O)[nH]1. The van der Waals surface area contributed by atoms with Gasteiger partial charge in [0.25, 0.3) is 0 Å². The predicted molar refractivity (Wildman–Crippen MR) is 29.6 cm³/mol. The summed E-state index contributed by atoms with van der Waals surface area (Å²) in [7, 11) is 0. The van der Waals surface area contributed by atoms with Crippen LogP contribution in [0, 0.1) is 6.85 Å². The number of aryl methyl sites for hydroxylation is 1. The number of rotatable bonds is 0. The molecular formula is C5H6N2O. The summed E-state index contributed by atoms with van der Waals surface area (Å²) in [6.07, 6.45) is 1.17. The van der Waals surface area contributed by atoms with Gasteiger partial charge in [-0.2, -0.15) is 0 Å². The normalized spacial score (nSPS) is 16.2. The summed E-state index contributed by atoms with van der Waals surface area (Å²) in [4.78, 5) is 15.9. The standard InChI is InChI=1S/C5H6N2O/c1-4-2-3-6-5(8)7-4/h2-3H,1H3,(H,6,7,8)/i1D3. The summed E-state index contributed by atoms with van der Waals surface area (Å²) in [5, 5.41) is 0. The lowest BCUT2D eigenvalue weighted by Crippen LogP contribution is -2.08. The molecule has 0 aliphatic rings. The molecule has 0 atom stereocenters. The molecule has 0 fully saturated rings. The number of nitrogens with zero attached hydrogens (tertiary/aromatic N) is 1. The zero-order valence-corrected chi connectivity index (χ0v) is 4.01. The molecule has 8 heavy (non-hydrogen) atoms. The molecule has 0 unspecified atom stereocenters. The molecule has 0 amide bonds. The van der Waals surface area contributed by atoms with Gasteiger partial charge in [0.15, 0.2) is 0 Å². The Morgan fingerprint density at radius 3 is 3.38 bits per heavy atom. The van der Waals surface area contributed by atoms with E-state index in [1.807, 2.05) is 0 Å². The van der Waals surface area contributed by atoms with E-state index in [-0.39, 0.29) is 5.69 Å². The molecule has 0 bridgehead atoms. The highest BCUT2D eigenvalue weighted by atomic mass is 16.1. The summed E-state index contributed by atoms with van der Waals surface area (Å²) in [5.41, 5.74) is -0.726. The summed E-state index contributed by atoms with van der Waals surface area (Å²) in [6, 6.07) is 1.26. The van der Waals surface area contributed by atoms with Crippen LogP contribution in [0.4, 0.5) is 0 Å².